The standard InChI is InChI=1S/C20H19F5N8O/c1-31-7-14(20(24,25)9-31)26-19-27-18(34-2)17-16(11(21)6-33(17)29-19)10-3-4-12-13(5-10)32(30-28-12)8-15(22)23/h3-6,14-15H,7-9H2,1-2H3,(H,26,29)/t14-/m1/s1. The quantitative estimate of drug-likeness (QED) is 0.423. The van der Waals surface area contributed by atoms with Crippen LogP contribution in [0.3, 0.4) is 0 Å². The summed E-state index contributed by atoms with van der Waals surface area (Å²) in [6, 6.07) is 3.34. The molecule has 14 heteroatoms. The molecule has 1 aliphatic rings. The number of halogens is 5. The van der Waals surface area contributed by atoms with E-state index in [1.165, 1.54) is 24.1 Å². The van der Waals surface area contributed by atoms with Gasteiger partial charge in [-0.15, -0.1) is 10.2 Å². The van der Waals surface area contributed by atoms with Gasteiger partial charge in [0.1, 0.15) is 23.6 Å². The van der Waals surface area contributed by atoms with Crippen LogP contribution in [0, 0.1) is 5.82 Å². The zero-order valence-corrected chi connectivity index (χ0v) is 18.0. The molecule has 0 bridgehead atoms. The van der Waals surface area contributed by atoms with Crippen molar-refractivity contribution in [2.75, 3.05) is 32.6 Å². The second-order valence-electron chi connectivity index (χ2n) is 8.11. The molecule has 1 N–H and O–H groups in total. The van der Waals surface area contributed by atoms with E-state index in [2.05, 4.69) is 25.7 Å². The maximum absolute atomic E-state index is 15.1. The number of aromatic nitrogens is 6. The molecule has 1 aromatic carbocycles. The highest BCUT2D eigenvalue weighted by Gasteiger charge is 2.47. The molecule has 9 nitrogen and oxygen atoms in total. The molecule has 34 heavy (non-hydrogen) atoms. The van der Waals surface area contributed by atoms with E-state index in [1.807, 2.05) is 0 Å². The Hall–Kier alpha value is -3.55. The molecule has 0 aliphatic carbocycles. The molecule has 0 amide bonds. The highest BCUT2D eigenvalue weighted by molar-refractivity contribution is 5.89. The van der Waals surface area contributed by atoms with Gasteiger partial charge < -0.3 is 10.1 Å². The first-order valence-corrected chi connectivity index (χ1v) is 10.2. The molecule has 5 rings (SSSR count). The fourth-order valence-corrected chi connectivity index (χ4v) is 4.17. The summed E-state index contributed by atoms with van der Waals surface area (Å²) >= 11 is 0. The number of alkyl halides is 4. The summed E-state index contributed by atoms with van der Waals surface area (Å²) in [7, 11) is 2.89. The lowest BCUT2D eigenvalue weighted by Crippen LogP contribution is -2.38. The number of rotatable bonds is 6. The number of hydrogen-bond donors (Lipinski definition) is 1. The number of methoxy groups -OCH3 is 1. The zero-order valence-electron chi connectivity index (χ0n) is 18.0. The number of benzene rings is 1. The average molecular weight is 482 g/mol. The van der Waals surface area contributed by atoms with Crippen LogP contribution >= 0.6 is 0 Å². The molecule has 0 radical (unpaired) electrons. The summed E-state index contributed by atoms with van der Waals surface area (Å²) in [5.74, 6) is -3.90. The number of anilines is 1. The van der Waals surface area contributed by atoms with Crippen LogP contribution < -0.4 is 10.1 Å². The monoisotopic (exact) mass is 482 g/mol. The Morgan fingerprint density at radius 1 is 1.29 bits per heavy atom. The predicted molar refractivity (Wildman–Crippen MR) is 112 cm³/mol. The number of likely N-dealkylation sites (tertiary alicyclic amines) is 1. The van der Waals surface area contributed by atoms with Gasteiger partial charge in [0.25, 0.3) is 12.3 Å². The van der Waals surface area contributed by atoms with Crippen molar-refractivity contribution in [3.05, 3.63) is 30.2 Å². The lowest BCUT2D eigenvalue weighted by molar-refractivity contribution is 0.00582. The van der Waals surface area contributed by atoms with Crippen LogP contribution in [0.2, 0.25) is 0 Å². The normalized spacial score (nSPS) is 18.4. The molecule has 0 spiro atoms. The Balaban J connectivity index is 1.58. The van der Waals surface area contributed by atoms with E-state index < -0.39 is 37.3 Å². The molecule has 180 valence electrons. The van der Waals surface area contributed by atoms with Crippen LogP contribution in [-0.2, 0) is 6.54 Å². The molecule has 0 unspecified atom stereocenters. The molecule has 1 aliphatic heterocycles. The van der Waals surface area contributed by atoms with Crippen LogP contribution in [0.1, 0.15) is 0 Å². The van der Waals surface area contributed by atoms with Crippen LogP contribution in [0.15, 0.2) is 24.4 Å². The maximum atomic E-state index is 15.1. The number of fused-ring (bicyclic) bond motifs is 2. The Kier molecular flexibility index (Phi) is 5.26. The number of hydrogen-bond acceptors (Lipinski definition) is 7. The predicted octanol–water partition coefficient (Wildman–Crippen LogP) is 2.92. The van der Waals surface area contributed by atoms with Crippen molar-refractivity contribution in [1.29, 1.82) is 0 Å². The maximum Gasteiger partial charge on any atom is 0.281 e. The third-order valence-corrected chi connectivity index (χ3v) is 5.65. The first kappa shape index (κ1) is 22.3. The first-order valence-electron chi connectivity index (χ1n) is 10.2. The van der Waals surface area contributed by atoms with E-state index in [0.717, 1.165) is 15.4 Å². The van der Waals surface area contributed by atoms with Gasteiger partial charge in [-0.1, -0.05) is 11.3 Å². The lowest BCUT2D eigenvalue weighted by atomic mass is 10.1. The van der Waals surface area contributed by atoms with Crippen molar-refractivity contribution in [2.24, 2.45) is 0 Å². The number of likely N-dealkylation sites (N-methyl/N-ethyl adjacent to an activating group) is 1. The van der Waals surface area contributed by atoms with Crippen molar-refractivity contribution in [3.63, 3.8) is 0 Å². The lowest BCUT2D eigenvalue weighted by Gasteiger charge is -2.19. The summed E-state index contributed by atoms with van der Waals surface area (Å²) in [4.78, 5) is 5.65. The van der Waals surface area contributed by atoms with E-state index in [0.29, 0.717) is 16.6 Å². The Morgan fingerprint density at radius 2 is 2.09 bits per heavy atom. The van der Waals surface area contributed by atoms with E-state index in [1.54, 1.807) is 13.1 Å². The van der Waals surface area contributed by atoms with Gasteiger partial charge in [-0.05, 0) is 24.7 Å². The molecule has 4 aromatic rings. The highest BCUT2D eigenvalue weighted by Crippen LogP contribution is 2.36. The second kappa shape index (κ2) is 8.04. The van der Waals surface area contributed by atoms with E-state index >= 15 is 4.39 Å². The molecule has 1 atom stereocenters. The molecule has 1 saturated heterocycles. The first-order chi connectivity index (χ1) is 16.2. The van der Waals surface area contributed by atoms with E-state index in [-0.39, 0.29) is 29.5 Å². The van der Waals surface area contributed by atoms with Crippen molar-refractivity contribution < 1.29 is 26.7 Å². The second-order valence-corrected chi connectivity index (χ2v) is 8.11. The largest absolute Gasteiger partial charge is 0.479 e. The highest BCUT2D eigenvalue weighted by atomic mass is 19.3. The van der Waals surface area contributed by atoms with E-state index in [4.69, 9.17) is 4.74 Å². The minimum atomic E-state index is -3.00. The molecular weight excluding hydrogens is 463 g/mol. The number of nitrogens with zero attached hydrogens (tertiary/aromatic N) is 7. The molecular formula is C20H19F5N8O. The molecule has 1 fully saturated rings. The minimum Gasteiger partial charge on any atom is -0.479 e. The fourth-order valence-electron chi connectivity index (χ4n) is 4.17. The van der Waals surface area contributed by atoms with E-state index in [9.17, 15) is 17.6 Å². The SMILES string of the molecule is COc1nc(N[C@@H]2CN(C)CC2(F)F)nn2cc(F)c(-c3ccc4nnn(CC(F)F)c4c3)c12. The third-order valence-electron chi connectivity index (χ3n) is 5.65. The van der Waals surface area contributed by atoms with Crippen molar-refractivity contribution in [1.82, 2.24) is 34.5 Å². The number of nitrogens with one attached hydrogen (secondary N) is 1. The molecule has 4 heterocycles. The summed E-state index contributed by atoms with van der Waals surface area (Å²) in [5.41, 5.74) is 1.19. The molecule has 3 aromatic heterocycles. The van der Waals surface area contributed by atoms with Gasteiger partial charge in [0.2, 0.25) is 11.8 Å². The van der Waals surface area contributed by atoms with Gasteiger partial charge in [-0.2, -0.15) is 4.98 Å². The third kappa shape index (κ3) is 3.77. The smallest absolute Gasteiger partial charge is 0.281 e. The van der Waals surface area contributed by atoms with Gasteiger partial charge in [0.15, 0.2) is 5.82 Å². The van der Waals surface area contributed by atoms with Crippen LogP contribution in [-0.4, -0.2) is 80.1 Å². The topological polar surface area (TPSA) is 85.4 Å². The Bertz CT molecular complexity index is 1370. The van der Waals surface area contributed by atoms with Crippen molar-refractivity contribution in [2.45, 2.75) is 24.9 Å². The van der Waals surface area contributed by atoms with Crippen LogP contribution in [0.5, 0.6) is 5.88 Å². The summed E-state index contributed by atoms with van der Waals surface area (Å²) in [6.45, 7) is -1.00. The van der Waals surface area contributed by atoms with Gasteiger partial charge >= 0.3 is 0 Å². The van der Waals surface area contributed by atoms with Gasteiger partial charge in [0.05, 0.1) is 30.9 Å². The summed E-state index contributed by atoms with van der Waals surface area (Å²) < 4.78 is 76.8. The van der Waals surface area contributed by atoms with Gasteiger partial charge in [0, 0.05) is 6.54 Å². The fraction of sp³-hybridized carbons (Fsp3) is 0.400. The van der Waals surface area contributed by atoms with Crippen LogP contribution in [0.25, 0.3) is 27.7 Å². The number of ether oxygens (including phenoxy) is 1. The zero-order chi connectivity index (χ0) is 24.2. The minimum absolute atomic E-state index is 0.0506. The average Bonchev–Trinajstić information content (AvgIpc) is 3.39. The van der Waals surface area contributed by atoms with Crippen molar-refractivity contribution in [3.8, 4) is 17.0 Å². The summed E-state index contributed by atoms with van der Waals surface area (Å²) in [5, 5.41) is 14.3. The van der Waals surface area contributed by atoms with Crippen LogP contribution in [0.4, 0.5) is 27.9 Å². The van der Waals surface area contributed by atoms with Gasteiger partial charge in [-0.25, -0.2) is 31.1 Å². The Labute approximate surface area is 189 Å². The summed E-state index contributed by atoms with van der Waals surface area (Å²) in [6.07, 6.45) is -1.58. The van der Waals surface area contributed by atoms with Gasteiger partial charge in [-0.3, -0.25) is 4.90 Å². The van der Waals surface area contributed by atoms with Crippen molar-refractivity contribution >= 4 is 22.5 Å². The Morgan fingerprint density at radius 3 is 2.76 bits per heavy atom. The molecule has 0 saturated carbocycles.